The van der Waals surface area contributed by atoms with E-state index in [4.69, 9.17) is 0 Å². The zero-order valence-electron chi connectivity index (χ0n) is 12.2. The molecule has 3 rings (SSSR count). The molecule has 7 nitrogen and oxygen atoms in total. The van der Waals surface area contributed by atoms with E-state index in [1.807, 2.05) is 31.2 Å². The topological polar surface area (TPSA) is 88.9 Å². The largest absolute Gasteiger partial charge is 0.324 e. The van der Waals surface area contributed by atoms with Gasteiger partial charge in [0.1, 0.15) is 6.54 Å². The number of benzene rings is 1. The number of carbonyl (C=O) groups is 2. The van der Waals surface area contributed by atoms with Gasteiger partial charge < -0.3 is 10.6 Å². The van der Waals surface area contributed by atoms with Crippen LogP contribution in [0.15, 0.2) is 30.5 Å². The van der Waals surface area contributed by atoms with Crippen LogP contribution in [0.5, 0.6) is 0 Å². The highest BCUT2D eigenvalue weighted by atomic mass is 16.2. The monoisotopic (exact) mass is 299 g/mol. The molecule has 1 aromatic heterocycles. The molecule has 0 bridgehead atoms. The maximum atomic E-state index is 12.0. The quantitative estimate of drug-likeness (QED) is 0.877. The highest BCUT2D eigenvalue weighted by Gasteiger charge is 2.30. The summed E-state index contributed by atoms with van der Waals surface area (Å²) in [7, 11) is 0. The van der Waals surface area contributed by atoms with Crippen LogP contribution in [0.4, 0.5) is 11.5 Å². The van der Waals surface area contributed by atoms with E-state index in [-0.39, 0.29) is 24.3 Å². The predicted molar refractivity (Wildman–Crippen MR) is 81.2 cm³/mol. The average Bonchev–Trinajstić information content (AvgIpc) is 3.25. The molecule has 1 aliphatic rings. The van der Waals surface area contributed by atoms with Gasteiger partial charge in [-0.1, -0.05) is 23.4 Å². The van der Waals surface area contributed by atoms with Crippen LogP contribution in [-0.2, 0) is 16.1 Å². The van der Waals surface area contributed by atoms with Crippen LogP contribution in [0.1, 0.15) is 18.4 Å². The fraction of sp³-hybridized carbons (Fsp3) is 0.333. The van der Waals surface area contributed by atoms with Crippen molar-refractivity contribution in [2.45, 2.75) is 26.3 Å². The van der Waals surface area contributed by atoms with E-state index in [0.29, 0.717) is 5.82 Å². The first-order valence-electron chi connectivity index (χ1n) is 7.18. The van der Waals surface area contributed by atoms with Crippen LogP contribution in [0.3, 0.4) is 0 Å². The van der Waals surface area contributed by atoms with Crippen LogP contribution in [0.25, 0.3) is 0 Å². The summed E-state index contributed by atoms with van der Waals surface area (Å²) in [6.45, 7) is 1.97. The molecule has 0 atom stereocenters. The van der Waals surface area contributed by atoms with Gasteiger partial charge in [-0.3, -0.25) is 9.59 Å². The Morgan fingerprint density at radius 3 is 2.77 bits per heavy atom. The van der Waals surface area contributed by atoms with Gasteiger partial charge in [-0.15, -0.1) is 5.10 Å². The number of aromatic nitrogens is 3. The second kappa shape index (κ2) is 5.97. The fourth-order valence-electron chi connectivity index (χ4n) is 2.06. The normalized spacial score (nSPS) is 13.7. The Labute approximate surface area is 127 Å². The molecule has 1 aromatic carbocycles. The minimum absolute atomic E-state index is 0.0311. The van der Waals surface area contributed by atoms with Gasteiger partial charge in [-0.2, -0.15) is 0 Å². The van der Waals surface area contributed by atoms with E-state index in [0.717, 1.165) is 24.1 Å². The Morgan fingerprint density at radius 1 is 1.27 bits per heavy atom. The van der Waals surface area contributed by atoms with Crippen molar-refractivity contribution in [3.05, 3.63) is 36.0 Å². The van der Waals surface area contributed by atoms with Crippen molar-refractivity contribution in [3.63, 3.8) is 0 Å². The lowest BCUT2D eigenvalue weighted by Crippen LogP contribution is -2.19. The number of hydrogen-bond donors (Lipinski definition) is 2. The molecule has 0 unspecified atom stereocenters. The van der Waals surface area contributed by atoms with Gasteiger partial charge in [-0.25, -0.2) is 4.68 Å². The smallest absolute Gasteiger partial charge is 0.246 e. The summed E-state index contributed by atoms with van der Waals surface area (Å²) in [5, 5.41) is 13.2. The van der Waals surface area contributed by atoms with Gasteiger partial charge in [0.2, 0.25) is 11.8 Å². The molecular formula is C15H17N5O2. The number of anilines is 2. The van der Waals surface area contributed by atoms with Crippen LogP contribution >= 0.6 is 0 Å². The van der Waals surface area contributed by atoms with Crippen molar-refractivity contribution in [3.8, 4) is 0 Å². The lowest BCUT2D eigenvalue weighted by Gasteiger charge is -2.07. The minimum Gasteiger partial charge on any atom is -0.324 e. The van der Waals surface area contributed by atoms with Gasteiger partial charge in [0.25, 0.3) is 0 Å². The van der Waals surface area contributed by atoms with Crippen molar-refractivity contribution in [2.75, 3.05) is 10.6 Å². The number of nitrogens with one attached hydrogen (secondary N) is 2. The van der Waals surface area contributed by atoms with Gasteiger partial charge in [0, 0.05) is 11.6 Å². The highest BCUT2D eigenvalue weighted by molar-refractivity contribution is 5.93. The molecule has 2 aromatic rings. The maximum Gasteiger partial charge on any atom is 0.246 e. The van der Waals surface area contributed by atoms with E-state index in [1.54, 1.807) is 6.20 Å². The number of hydrogen-bond acceptors (Lipinski definition) is 4. The van der Waals surface area contributed by atoms with Gasteiger partial charge in [0.05, 0.1) is 6.20 Å². The molecule has 1 heterocycles. The van der Waals surface area contributed by atoms with Gasteiger partial charge >= 0.3 is 0 Å². The number of rotatable bonds is 5. The molecule has 7 heteroatoms. The summed E-state index contributed by atoms with van der Waals surface area (Å²) in [5.74, 6) is 0.255. The summed E-state index contributed by atoms with van der Waals surface area (Å²) in [6.07, 6.45) is 3.41. The molecule has 0 spiro atoms. The van der Waals surface area contributed by atoms with E-state index in [1.165, 1.54) is 4.68 Å². The molecule has 22 heavy (non-hydrogen) atoms. The Balaban J connectivity index is 1.56. The molecule has 0 aliphatic heterocycles. The number of aryl methyl sites for hydroxylation is 1. The Morgan fingerprint density at radius 2 is 2.05 bits per heavy atom. The molecule has 2 amide bonds. The van der Waals surface area contributed by atoms with Crippen molar-refractivity contribution in [1.82, 2.24) is 15.0 Å². The van der Waals surface area contributed by atoms with E-state index < -0.39 is 0 Å². The molecule has 1 fully saturated rings. The molecular weight excluding hydrogens is 282 g/mol. The van der Waals surface area contributed by atoms with E-state index in [2.05, 4.69) is 20.9 Å². The summed E-state index contributed by atoms with van der Waals surface area (Å²) >= 11 is 0. The highest BCUT2D eigenvalue weighted by Crippen LogP contribution is 2.29. The van der Waals surface area contributed by atoms with E-state index >= 15 is 0 Å². The zero-order chi connectivity index (χ0) is 15.5. The molecule has 114 valence electrons. The van der Waals surface area contributed by atoms with Crippen molar-refractivity contribution in [2.24, 2.45) is 5.92 Å². The van der Waals surface area contributed by atoms with Crippen LogP contribution in [0, 0.1) is 12.8 Å². The second-order valence-corrected chi connectivity index (χ2v) is 5.43. The third-order valence-electron chi connectivity index (χ3n) is 3.46. The summed E-state index contributed by atoms with van der Waals surface area (Å²) in [6, 6.07) is 7.55. The standard InChI is InChI=1S/C15H17N5O2/c1-10-4-2-3-5-12(10)16-14(21)9-20-8-13(18-19-20)17-15(22)11-6-7-11/h2-5,8,11H,6-7,9H2,1H3,(H,16,21)(H,17,22). The first-order chi connectivity index (χ1) is 10.6. The third-order valence-corrected chi connectivity index (χ3v) is 3.46. The van der Waals surface area contributed by atoms with Crippen LogP contribution < -0.4 is 10.6 Å². The molecule has 0 radical (unpaired) electrons. The van der Waals surface area contributed by atoms with Gasteiger partial charge in [-0.05, 0) is 31.4 Å². The maximum absolute atomic E-state index is 12.0. The Kier molecular flexibility index (Phi) is 3.86. The fourth-order valence-corrected chi connectivity index (χ4v) is 2.06. The molecule has 2 N–H and O–H groups in total. The number of carbonyl (C=O) groups excluding carboxylic acids is 2. The number of amides is 2. The second-order valence-electron chi connectivity index (χ2n) is 5.43. The van der Waals surface area contributed by atoms with Crippen molar-refractivity contribution in [1.29, 1.82) is 0 Å². The van der Waals surface area contributed by atoms with Crippen LogP contribution in [0.2, 0.25) is 0 Å². The number of para-hydroxylation sites is 1. The lowest BCUT2D eigenvalue weighted by atomic mass is 10.2. The average molecular weight is 299 g/mol. The summed E-state index contributed by atoms with van der Waals surface area (Å²) in [5.41, 5.74) is 1.77. The Bertz CT molecular complexity index is 705. The Hall–Kier alpha value is -2.70. The van der Waals surface area contributed by atoms with Crippen molar-refractivity contribution < 1.29 is 9.59 Å². The SMILES string of the molecule is Cc1ccccc1NC(=O)Cn1cc(NC(=O)C2CC2)nn1. The molecule has 1 aliphatic carbocycles. The predicted octanol–water partition coefficient (Wildman–Crippen LogP) is 1.57. The number of nitrogens with zero attached hydrogens (tertiary/aromatic N) is 3. The first-order valence-corrected chi connectivity index (χ1v) is 7.18. The van der Waals surface area contributed by atoms with Crippen molar-refractivity contribution >= 4 is 23.3 Å². The summed E-state index contributed by atoms with van der Waals surface area (Å²) < 4.78 is 1.40. The third kappa shape index (κ3) is 3.49. The van der Waals surface area contributed by atoms with E-state index in [9.17, 15) is 9.59 Å². The van der Waals surface area contributed by atoms with Crippen LogP contribution in [-0.4, -0.2) is 26.8 Å². The first kappa shape index (κ1) is 14.2. The summed E-state index contributed by atoms with van der Waals surface area (Å²) in [4.78, 5) is 23.6. The lowest BCUT2D eigenvalue weighted by molar-refractivity contribution is -0.117. The molecule has 0 saturated heterocycles. The minimum atomic E-state index is -0.195. The molecule has 1 saturated carbocycles. The zero-order valence-corrected chi connectivity index (χ0v) is 12.2. The van der Waals surface area contributed by atoms with Gasteiger partial charge in [0.15, 0.2) is 5.82 Å².